The van der Waals surface area contributed by atoms with E-state index >= 15 is 0 Å². The molecule has 6 heteroatoms. The number of carbonyl (C=O) groups excluding carboxylic acids is 1. The molecule has 3 N–H and O–H groups in total. The molecule has 0 aliphatic carbocycles. The highest BCUT2D eigenvalue weighted by Gasteiger charge is 2.17. The lowest BCUT2D eigenvalue weighted by atomic mass is 10.1. The summed E-state index contributed by atoms with van der Waals surface area (Å²) in [5.41, 5.74) is 7.61. The molecule has 0 radical (unpaired) electrons. The van der Waals surface area contributed by atoms with Gasteiger partial charge in [-0.15, -0.1) is 0 Å². The summed E-state index contributed by atoms with van der Waals surface area (Å²) in [5.74, 6) is -0.356. The Hall–Kier alpha value is -3.05. The number of ether oxygens (including phenoxy) is 1. The van der Waals surface area contributed by atoms with Crippen LogP contribution in [0.5, 0.6) is 5.75 Å². The van der Waals surface area contributed by atoms with Crippen LogP contribution >= 0.6 is 11.6 Å². The Kier molecular flexibility index (Phi) is 5.94. The van der Waals surface area contributed by atoms with E-state index in [2.05, 4.69) is 5.32 Å². The summed E-state index contributed by atoms with van der Waals surface area (Å²) in [6, 6.07) is 19.7. The van der Waals surface area contributed by atoms with Gasteiger partial charge in [0.2, 0.25) is 5.91 Å². The second-order valence-electron chi connectivity index (χ2n) is 5.95. The van der Waals surface area contributed by atoms with Crippen molar-refractivity contribution in [3.63, 3.8) is 0 Å². The number of anilines is 1. The highest BCUT2D eigenvalue weighted by Crippen LogP contribution is 2.30. The molecular weight excluding hydrogens is 367 g/mol. The number of benzene rings is 3. The van der Waals surface area contributed by atoms with E-state index in [4.69, 9.17) is 22.1 Å². The van der Waals surface area contributed by atoms with Gasteiger partial charge in [-0.3, -0.25) is 4.79 Å². The molecule has 0 spiro atoms. The molecule has 0 saturated carbocycles. The monoisotopic (exact) mass is 384 g/mol. The van der Waals surface area contributed by atoms with E-state index in [1.807, 2.05) is 30.3 Å². The van der Waals surface area contributed by atoms with Crippen molar-refractivity contribution in [2.24, 2.45) is 5.73 Å². The van der Waals surface area contributed by atoms with Gasteiger partial charge in [-0.25, -0.2) is 4.39 Å². The zero-order valence-corrected chi connectivity index (χ0v) is 15.1. The highest BCUT2D eigenvalue weighted by atomic mass is 35.5. The molecule has 0 aromatic heterocycles. The number of hydrogen-bond acceptors (Lipinski definition) is 3. The Morgan fingerprint density at radius 2 is 1.85 bits per heavy atom. The van der Waals surface area contributed by atoms with Gasteiger partial charge in [0.05, 0.1) is 5.02 Å². The third-order valence-electron chi connectivity index (χ3n) is 3.94. The van der Waals surface area contributed by atoms with E-state index in [9.17, 15) is 9.18 Å². The SMILES string of the molecule is NC(=O)[C@H](Nc1ccc(OCc2cccc(F)c2)c(Cl)c1)c1ccccc1. The summed E-state index contributed by atoms with van der Waals surface area (Å²) in [7, 11) is 0. The first-order chi connectivity index (χ1) is 13.0. The fourth-order valence-corrected chi connectivity index (χ4v) is 2.86. The number of halogens is 2. The quantitative estimate of drug-likeness (QED) is 0.620. The molecule has 0 bridgehead atoms. The minimum absolute atomic E-state index is 0.193. The van der Waals surface area contributed by atoms with Crippen LogP contribution in [-0.4, -0.2) is 5.91 Å². The summed E-state index contributed by atoms with van der Waals surface area (Å²) in [5, 5.41) is 3.45. The van der Waals surface area contributed by atoms with Gasteiger partial charge in [0, 0.05) is 5.69 Å². The van der Waals surface area contributed by atoms with Crippen LogP contribution in [0.4, 0.5) is 10.1 Å². The molecule has 0 aliphatic heterocycles. The molecule has 3 rings (SSSR count). The molecule has 1 amide bonds. The highest BCUT2D eigenvalue weighted by molar-refractivity contribution is 6.32. The van der Waals surface area contributed by atoms with Gasteiger partial charge < -0.3 is 15.8 Å². The van der Waals surface area contributed by atoms with Crippen LogP contribution in [0.25, 0.3) is 0 Å². The average Bonchev–Trinajstić information content (AvgIpc) is 2.66. The Balaban J connectivity index is 1.71. The predicted molar refractivity (Wildman–Crippen MR) is 104 cm³/mol. The average molecular weight is 385 g/mol. The molecule has 27 heavy (non-hydrogen) atoms. The van der Waals surface area contributed by atoms with Crippen molar-refractivity contribution in [3.8, 4) is 5.75 Å². The van der Waals surface area contributed by atoms with Crippen molar-refractivity contribution in [1.82, 2.24) is 0 Å². The largest absolute Gasteiger partial charge is 0.487 e. The van der Waals surface area contributed by atoms with Gasteiger partial charge in [-0.2, -0.15) is 0 Å². The number of rotatable bonds is 7. The first-order valence-electron chi connectivity index (χ1n) is 8.30. The van der Waals surface area contributed by atoms with Crippen LogP contribution < -0.4 is 15.8 Å². The van der Waals surface area contributed by atoms with Gasteiger partial charge in [-0.1, -0.05) is 54.1 Å². The van der Waals surface area contributed by atoms with E-state index in [0.717, 1.165) is 5.56 Å². The maximum absolute atomic E-state index is 13.2. The standard InChI is InChI=1S/C21H18ClFN2O2/c22-18-12-17(25-20(21(24)26)15-6-2-1-3-7-15)9-10-19(18)27-13-14-5-4-8-16(23)11-14/h1-12,20,25H,13H2,(H2,24,26)/t20-/m1/s1. The van der Waals surface area contributed by atoms with E-state index < -0.39 is 11.9 Å². The fourth-order valence-electron chi connectivity index (χ4n) is 2.63. The van der Waals surface area contributed by atoms with Crippen molar-refractivity contribution in [2.75, 3.05) is 5.32 Å². The summed E-state index contributed by atoms with van der Waals surface area (Å²) in [6.07, 6.45) is 0. The van der Waals surface area contributed by atoms with Crippen LogP contribution in [0.3, 0.4) is 0 Å². The molecule has 4 nitrogen and oxygen atoms in total. The van der Waals surface area contributed by atoms with Crippen molar-refractivity contribution in [3.05, 3.63) is 94.8 Å². The lowest BCUT2D eigenvalue weighted by Gasteiger charge is -2.18. The topological polar surface area (TPSA) is 64.4 Å². The molecule has 3 aromatic rings. The third-order valence-corrected chi connectivity index (χ3v) is 4.24. The molecule has 138 valence electrons. The van der Waals surface area contributed by atoms with Gasteiger partial charge in [-0.05, 0) is 41.5 Å². The van der Waals surface area contributed by atoms with Crippen LogP contribution in [0.2, 0.25) is 5.02 Å². The van der Waals surface area contributed by atoms with Crippen LogP contribution in [0, 0.1) is 5.82 Å². The lowest BCUT2D eigenvalue weighted by molar-refractivity contribution is -0.118. The molecule has 0 heterocycles. The van der Waals surface area contributed by atoms with Gasteiger partial charge >= 0.3 is 0 Å². The summed E-state index contributed by atoms with van der Waals surface area (Å²) in [6.45, 7) is 0.193. The van der Waals surface area contributed by atoms with Crippen molar-refractivity contribution in [2.45, 2.75) is 12.6 Å². The number of primary amides is 1. The van der Waals surface area contributed by atoms with Crippen molar-refractivity contribution < 1.29 is 13.9 Å². The van der Waals surface area contributed by atoms with Gasteiger partial charge in [0.15, 0.2) is 0 Å². The number of amides is 1. The molecular formula is C21H18ClFN2O2. The number of nitrogens with one attached hydrogen (secondary N) is 1. The Bertz CT molecular complexity index is 934. The number of hydrogen-bond donors (Lipinski definition) is 2. The molecule has 0 unspecified atom stereocenters. The molecule has 0 fully saturated rings. The summed E-state index contributed by atoms with van der Waals surface area (Å²) in [4.78, 5) is 11.8. The zero-order valence-electron chi connectivity index (χ0n) is 14.4. The van der Waals surface area contributed by atoms with Gasteiger partial charge in [0.1, 0.15) is 24.2 Å². The molecule has 0 aliphatic rings. The summed E-state index contributed by atoms with van der Waals surface area (Å²) < 4.78 is 18.9. The van der Waals surface area contributed by atoms with Crippen LogP contribution in [0.1, 0.15) is 17.2 Å². The van der Waals surface area contributed by atoms with E-state index in [0.29, 0.717) is 22.0 Å². The lowest BCUT2D eigenvalue weighted by Crippen LogP contribution is -2.27. The number of nitrogens with two attached hydrogens (primary N) is 1. The molecule has 0 saturated heterocycles. The Labute approximate surface area is 161 Å². The van der Waals surface area contributed by atoms with E-state index in [1.165, 1.54) is 12.1 Å². The third kappa shape index (κ3) is 4.99. The zero-order chi connectivity index (χ0) is 19.2. The fraction of sp³-hybridized carbons (Fsp3) is 0.0952. The first kappa shape index (κ1) is 18.7. The second-order valence-corrected chi connectivity index (χ2v) is 6.36. The van der Waals surface area contributed by atoms with E-state index in [-0.39, 0.29) is 12.4 Å². The van der Waals surface area contributed by atoms with Crippen molar-refractivity contribution >= 4 is 23.2 Å². The number of carbonyl (C=O) groups is 1. The smallest absolute Gasteiger partial charge is 0.244 e. The Morgan fingerprint density at radius 1 is 1.07 bits per heavy atom. The summed E-state index contributed by atoms with van der Waals surface area (Å²) >= 11 is 6.28. The normalized spacial score (nSPS) is 11.6. The minimum Gasteiger partial charge on any atom is -0.487 e. The predicted octanol–water partition coefficient (Wildman–Crippen LogP) is 4.70. The minimum atomic E-state index is -0.679. The Morgan fingerprint density at radius 3 is 2.52 bits per heavy atom. The van der Waals surface area contributed by atoms with Gasteiger partial charge in [0.25, 0.3) is 0 Å². The maximum atomic E-state index is 13.2. The molecule has 3 aromatic carbocycles. The first-order valence-corrected chi connectivity index (χ1v) is 8.68. The van der Waals surface area contributed by atoms with Crippen LogP contribution in [-0.2, 0) is 11.4 Å². The van der Waals surface area contributed by atoms with E-state index in [1.54, 1.807) is 30.3 Å². The second kappa shape index (κ2) is 8.56. The molecule has 1 atom stereocenters. The van der Waals surface area contributed by atoms with Crippen molar-refractivity contribution in [1.29, 1.82) is 0 Å². The maximum Gasteiger partial charge on any atom is 0.244 e. The van der Waals surface area contributed by atoms with Crippen LogP contribution in [0.15, 0.2) is 72.8 Å².